The summed E-state index contributed by atoms with van der Waals surface area (Å²) in [5, 5.41) is 0. The lowest BCUT2D eigenvalue weighted by molar-refractivity contribution is -0.0615. The van der Waals surface area contributed by atoms with Crippen molar-refractivity contribution < 1.29 is 23.0 Å². The van der Waals surface area contributed by atoms with Crippen LogP contribution in [-0.4, -0.2) is 26.4 Å². The maximum atomic E-state index is 14.1. The largest absolute Gasteiger partial charge is 0.498 e. The summed E-state index contributed by atoms with van der Waals surface area (Å²) < 4.78 is 44.8. The molecule has 5 heteroatoms. The first-order valence-corrected chi connectivity index (χ1v) is 12.7. The van der Waals surface area contributed by atoms with Gasteiger partial charge in [0.05, 0.1) is 19.8 Å². The van der Waals surface area contributed by atoms with Crippen LogP contribution in [0.5, 0.6) is 0 Å². The maximum absolute atomic E-state index is 14.1. The molecule has 0 bridgehead atoms. The highest BCUT2D eigenvalue weighted by atomic mass is 19.2. The number of ether oxygens (including phenoxy) is 3. The molecule has 2 fully saturated rings. The van der Waals surface area contributed by atoms with Crippen LogP contribution in [0.15, 0.2) is 23.2 Å². The monoisotopic (exact) mass is 442 g/mol. The summed E-state index contributed by atoms with van der Waals surface area (Å²) in [5.74, 6) is 0.275. The van der Waals surface area contributed by atoms with E-state index in [1.165, 1.54) is 45.6 Å². The molecule has 0 spiro atoms. The summed E-state index contributed by atoms with van der Waals surface area (Å²) in [4.78, 5) is 0. The average Bonchev–Trinajstić information content (AvgIpc) is 2.82. The molecule has 0 amide bonds. The van der Waals surface area contributed by atoms with Crippen molar-refractivity contribution in [3.8, 4) is 0 Å². The maximum Gasteiger partial charge on any atom is 0.199 e. The lowest BCUT2D eigenvalue weighted by Gasteiger charge is -2.38. The molecule has 0 N–H and O–H groups in total. The van der Waals surface area contributed by atoms with Gasteiger partial charge in [0.2, 0.25) is 0 Å². The van der Waals surface area contributed by atoms with Crippen molar-refractivity contribution >= 4 is 0 Å². The van der Waals surface area contributed by atoms with E-state index >= 15 is 0 Å². The minimum atomic E-state index is -0.903. The molecule has 3 rings (SSSR count). The van der Waals surface area contributed by atoms with Gasteiger partial charge in [-0.1, -0.05) is 40.0 Å². The fourth-order valence-electron chi connectivity index (χ4n) is 5.07. The van der Waals surface area contributed by atoms with Crippen LogP contribution < -0.4 is 0 Å². The first-order valence-electron chi connectivity index (χ1n) is 12.7. The SMILES string of the molecule is CC.CCCCCC1CCC(C2CCC(COC3=C(F)C(F)=C(OC)CC3)CC2)OC1. The van der Waals surface area contributed by atoms with E-state index < -0.39 is 11.7 Å². The number of hydrogen-bond acceptors (Lipinski definition) is 3. The second-order valence-corrected chi connectivity index (χ2v) is 9.08. The Morgan fingerprint density at radius 1 is 0.871 bits per heavy atom. The summed E-state index contributed by atoms with van der Waals surface area (Å²) >= 11 is 0. The molecule has 3 nitrogen and oxygen atoms in total. The Balaban J connectivity index is 0.00000166. The van der Waals surface area contributed by atoms with E-state index in [1.807, 2.05) is 13.8 Å². The van der Waals surface area contributed by atoms with Gasteiger partial charge in [0.25, 0.3) is 0 Å². The van der Waals surface area contributed by atoms with Crippen molar-refractivity contribution in [3.63, 3.8) is 0 Å². The van der Waals surface area contributed by atoms with Crippen molar-refractivity contribution in [2.75, 3.05) is 20.3 Å². The van der Waals surface area contributed by atoms with Crippen LogP contribution in [0.2, 0.25) is 0 Å². The van der Waals surface area contributed by atoms with Crippen LogP contribution in [0.25, 0.3) is 0 Å². The van der Waals surface area contributed by atoms with Gasteiger partial charge in [-0.15, -0.1) is 0 Å². The highest BCUT2D eigenvalue weighted by molar-refractivity contribution is 5.29. The molecule has 1 saturated carbocycles. The van der Waals surface area contributed by atoms with Gasteiger partial charge in [-0.25, -0.2) is 0 Å². The second kappa shape index (κ2) is 14.1. The third-order valence-electron chi connectivity index (χ3n) is 7.04. The van der Waals surface area contributed by atoms with Crippen molar-refractivity contribution in [1.29, 1.82) is 0 Å². The third kappa shape index (κ3) is 7.76. The lowest BCUT2D eigenvalue weighted by Crippen LogP contribution is -2.34. The number of rotatable bonds is 9. The highest BCUT2D eigenvalue weighted by Gasteiger charge is 2.32. The average molecular weight is 443 g/mol. The summed E-state index contributed by atoms with van der Waals surface area (Å²) in [6.45, 7) is 7.67. The first-order chi connectivity index (χ1) is 15.1. The van der Waals surface area contributed by atoms with E-state index in [-0.39, 0.29) is 11.5 Å². The molecule has 1 heterocycles. The molecule has 31 heavy (non-hydrogen) atoms. The Morgan fingerprint density at radius 2 is 1.52 bits per heavy atom. The minimum Gasteiger partial charge on any atom is -0.498 e. The number of halogens is 2. The fourth-order valence-corrected chi connectivity index (χ4v) is 5.07. The molecular formula is C26H44F2O3. The molecule has 2 unspecified atom stereocenters. The summed E-state index contributed by atoms with van der Waals surface area (Å²) in [5.41, 5.74) is 0. The third-order valence-corrected chi connectivity index (χ3v) is 7.04. The van der Waals surface area contributed by atoms with Crippen molar-refractivity contribution in [3.05, 3.63) is 23.2 Å². The standard InChI is InChI=1S/C24H38F2O3.C2H6/c1-3-4-5-6-17-9-12-20(28-15-17)19-10-7-18(8-11-19)16-29-22-14-13-21(27-2)23(25)24(22)26;1-2/h17-20H,3-16H2,1-2H3;1-2H3. The van der Waals surface area contributed by atoms with E-state index in [9.17, 15) is 8.78 Å². The zero-order valence-corrected chi connectivity index (χ0v) is 20.2. The normalized spacial score (nSPS) is 29.4. The lowest BCUT2D eigenvalue weighted by atomic mass is 9.77. The van der Waals surface area contributed by atoms with Crippen LogP contribution in [0, 0.1) is 17.8 Å². The molecule has 0 aromatic carbocycles. The van der Waals surface area contributed by atoms with Gasteiger partial charge in [-0.05, 0) is 62.7 Å². The van der Waals surface area contributed by atoms with Crippen molar-refractivity contribution in [2.24, 2.45) is 17.8 Å². The fraction of sp³-hybridized carbons (Fsp3) is 0.846. The van der Waals surface area contributed by atoms with Crippen LogP contribution in [0.1, 0.15) is 97.8 Å². The van der Waals surface area contributed by atoms with Gasteiger partial charge >= 0.3 is 0 Å². The predicted octanol–water partition coefficient (Wildman–Crippen LogP) is 8.01. The predicted molar refractivity (Wildman–Crippen MR) is 122 cm³/mol. The molecule has 2 aliphatic carbocycles. The minimum absolute atomic E-state index is 0.0791. The van der Waals surface area contributed by atoms with Crippen LogP contribution >= 0.6 is 0 Å². The van der Waals surface area contributed by atoms with E-state index in [0.717, 1.165) is 38.2 Å². The number of allylic oxidation sites excluding steroid dienone is 4. The molecule has 1 aliphatic heterocycles. The van der Waals surface area contributed by atoms with Gasteiger partial charge in [-0.3, -0.25) is 0 Å². The Kier molecular flexibility index (Phi) is 11.9. The van der Waals surface area contributed by atoms with Crippen molar-refractivity contribution in [1.82, 2.24) is 0 Å². The van der Waals surface area contributed by atoms with Crippen LogP contribution in [0.4, 0.5) is 8.78 Å². The van der Waals surface area contributed by atoms with Gasteiger partial charge < -0.3 is 14.2 Å². The molecular weight excluding hydrogens is 398 g/mol. The second-order valence-electron chi connectivity index (χ2n) is 9.08. The summed E-state index contributed by atoms with van der Waals surface area (Å²) in [6, 6.07) is 0. The number of unbranched alkanes of at least 4 members (excludes halogenated alkanes) is 2. The zero-order chi connectivity index (χ0) is 22.6. The molecule has 3 aliphatic rings. The molecule has 0 radical (unpaired) electrons. The molecule has 0 aromatic heterocycles. The first kappa shape index (κ1) is 26.2. The Bertz CT molecular complexity index is 571. The number of methoxy groups -OCH3 is 1. The smallest absolute Gasteiger partial charge is 0.199 e. The Hall–Kier alpha value is -1.10. The Labute approximate surface area is 188 Å². The highest BCUT2D eigenvalue weighted by Crippen LogP contribution is 2.38. The molecule has 1 saturated heterocycles. The molecule has 180 valence electrons. The Morgan fingerprint density at radius 3 is 2.13 bits per heavy atom. The topological polar surface area (TPSA) is 27.7 Å². The van der Waals surface area contributed by atoms with Gasteiger partial charge in [0, 0.05) is 19.4 Å². The van der Waals surface area contributed by atoms with Gasteiger partial charge in [0.15, 0.2) is 11.7 Å². The van der Waals surface area contributed by atoms with E-state index in [2.05, 4.69) is 6.92 Å². The van der Waals surface area contributed by atoms with Crippen LogP contribution in [0.3, 0.4) is 0 Å². The van der Waals surface area contributed by atoms with Gasteiger partial charge in [0.1, 0.15) is 11.5 Å². The molecule has 0 aromatic rings. The summed E-state index contributed by atoms with van der Waals surface area (Å²) in [7, 11) is 1.37. The van der Waals surface area contributed by atoms with E-state index in [0.29, 0.717) is 37.4 Å². The number of hydrogen-bond donors (Lipinski definition) is 0. The van der Waals surface area contributed by atoms with Gasteiger partial charge in [-0.2, -0.15) is 8.78 Å². The molecule has 2 atom stereocenters. The van der Waals surface area contributed by atoms with Crippen LogP contribution in [-0.2, 0) is 14.2 Å². The quantitative estimate of drug-likeness (QED) is 0.338. The van der Waals surface area contributed by atoms with E-state index in [1.54, 1.807) is 0 Å². The summed E-state index contributed by atoms with van der Waals surface area (Å²) in [6.07, 6.45) is 13.4. The van der Waals surface area contributed by atoms with Crippen molar-refractivity contribution in [2.45, 2.75) is 104 Å². The zero-order valence-electron chi connectivity index (χ0n) is 20.2. The van der Waals surface area contributed by atoms with E-state index in [4.69, 9.17) is 14.2 Å².